The smallest absolute Gasteiger partial charge is 0.232 e. The molecule has 2 aromatic carbocycles. The number of halogens is 1. The van der Waals surface area contributed by atoms with Crippen LogP contribution in [0.3, 0.4) is 0 Å². The van der Waals surface area contributed by atoms with Gasteiger partial charge in [0.05, 0.1) is 18.0 Å². The lowest BCUT2D eigenvalue weighted by Crippen LogP contribution is -2.18. The van der Waals surface area contributed by atoms with Crippen LogP contribution in [0.1, 0.15) is 17.5 Å². The quantitative estimate of drug-likeness (QED) is 0.744. The number of hydrogen-bond acceptors (Lipinski definition) is 4. The molecule has 24 heavy (non-hydrogen) atoms. The van der Waals surface area contributed by atoms with Gasteiger partial charge in [0, 0.05) is 6.61 Å². The Kier molecular flexibility index (Phi) is 6.29. The Balaban J connectivity index is 1.82. The van der Waals surface area contributed by atoms with Crippen LogP contribution in [0.5, 0.6) is 0 Å². The van der Waals surface area contributed by atoms with E-state index >= 15 is 0 Å². The summed E-state index contributed by atoms with van der Waals surface area (Å²) >= 11 is 0. The SMILES string of the molecule is N#Cc1c(F)cccc1NS(=O)(=O)CCCOCc1ccccc1. The summed E-state index contributed by atoms with van der Waals surface area (Å²) in [7, 11) is -3.68. The van der Waals surface area contributed by atoms with Gasteiger partial charge in [-0.2, -0.15) is 5.26 Å². The topological polar surface area (TPSA) is 79.2 Å². The molecule has 0 radical (unpaired) electrons. The van der Waals surface area contributed by atoms with Gasteiger partial charge in [-0.15, -0.1) is 0 Å². The van der Waals surface area contributed by atoms with Gasteiger partial charge in [-0.05, 0) is 24.1 Å². The molecule has 0 spiro atoms. The highest BCUT2D eigenvalue weighted by Gasteiger charge is 2.15. The fourth-order valence-corrected chi connectivity index (χ4v) is 3.16. The Morgan fingerprint density at radius 2 is 1.88 bits per heavy atom. The molecule has 0 aliphatic carbocycles. The number of nitrogens with zero attached hydrogens (tertiary/aromatic N) is 1. The molecular weight excluding hydrogens is 331 g/mol. The third-order valence-corrected chi connectivity index (χ3v) is 4.56. The van der Waals surface area contributed by atoms with Crippen molar-refractivity contribution in [3.05, 3.63) is 65.5 Å². The van der Waals surface area contributed by atoms with Crippen LogP contribution in [-0.2, 0) is 21.4 Å². The highest BCUT2D eigenvalue weighted by molar-refractivity contribution is 7.92. The molecule has 0 saturated carbocycles. The second-order valence-electron chi connectivity index (χ2n) is 5.09. The predicted molar refractivity (Wildman–Crippen MR) is 89.2 cm³/mol. The molecule has 0 amide bonds. The van der Waals surface area contributed by atoms with Crippen molar-refractivity contribution in [2.75, 3.05) is 17.1 Å². The zero-order valence-corrected chi connectivity index (χ0v) is 13.7. The summed E-state index contributed by atoms with van der Waals surface area (Å²) in [6.07, 6.45) is 0.291. The van der Waals surface area contributed by atoms with Gasteiger partial charge >= 0.3 is 0 Å². The van der Waals surface area contributed by atoms with Crippen molar-refractivity contribution < 1.29 is 17.5 Å². The molecule has 7 heteroatoms. The first-order valence-corrected chi connectivity index (χ1v) is 8.98. The number of anilines is 1. The zero-order chi connectivity index (χ0) is 17.4. The number of rotatable bonds is 8. The molecular formula is C17H17FN2O3S. The minimum atomic E-state index is -3.68. The van der Waals surface area contributed by atoms with Crippen molar-refractivity contribution >= 4 is 15.7 Å². The minimum Gasteiger partial charge on any atom is -0.377 e. The molecule has 0 aliphatic rings. The predicted octanol–water partition coefficient (Wildman–Crippen LogP) is 3.05. The van der Waals surface area contributed by atoms with Crippen LogP contribution in [0.4, 0.5) is 10.1 Å². The fraction of sp³-hybridized carbons (Fsp3) is 0.235. The molecule has 0 aliphatic heterocycles. The number of benzene rings is 2. The average Bonchev–Trinajstić information content (AvgIpc) is 2.55. The Morgan fingerprint density at radius 1 is 1.12 bits per heavy atom. The van der Waals surface area contributed by atoms with Gasteiger partial charge in [0.2, 0.25) is 10.0 Å². The molecule has 0 heterocycles. The second kappa shape index (κ2) is 8.43. The maximum atomic E-state index is 13.5. The van der Waals surface area contributed by atoms with Gasteiger partial charge < -0.3 is 4.74 Å². The zero-order valence-electron chi connectivity index (χ0n) is 12.9. The molecule has 2 aromatic rings. The van der Waals surface area contributed by atoms with Crippen molar-refractivity contribution in [3.8, 4) is 6.07 Å². The van der Waals surface area contributed by atoms with Crippen molar-refractivity contribution in [1.29, 1.82) is 5.26 Å². The molecule has 0 aromatic heterocycles. The van der Waals surface area contributed by atoms with Crippen molar-refractivity contribution in [1.82, 2.24) is 0 Å². The lowest BCUT2D eigenvalue weighted by molar-refractivity contribution is 0.122. The molecule has 0 unspecified atom stereocenters. The van der Waals surface area contributed by atoms with E-state index in [0.717, 1.165) is 11.6 Å². The van der Waals surface area contributed by atoms with Gasteiger partial charge in [-0.3, -0.25) is 4.72 Å². The minimum absolute atomic E-state index is 0.0531. The van der Waals surface area contributed by atoms with E-state index in [0.29, 0.717) is 13.0 Å². The highest BCUT2D eigenvalue weighted by Crippen LogP contribution is 2.19. The van der Waals surface area contributed by atoms with E-state index in [1.54, 1.807) is 6.07 Å². The third kappa shape index (κ3) is 5.33. The second-order valence-corrected chi connectivity index (χ2v) is 6.93. The van der Waals surface area contributed by atoms with Gasteiger partial charge in [0.25, 0.3) is 0 Å². The summed E-state index contributed by atoms with van der Waals surface area (Å²) in [6, 6.07) is 15.0. The maximum absolute atomic E-state index is 13.5. The first kappa shape index (κ1) is 17.9. The van der Waals surface area contributed by atoms with E-state index < -0.39 is 15.8 Å². The van der Waals surface area contributed by atoms with E-state index in [1.807, 2.05) is 30.3 Å². The van der Waals surface area contributed by atoms with E-state index in [2.05, 4.69) is 4.72 Å². The van der Waals surface area contributed by atoms with Crippen LogP contribution in [0.25, 0.3) is 0 Å². The van der Waals surface area contributed by atoms with Gasteiger partial charge in [-0.25, -0.2) is 12.8 Å². The van der Waals surface area contributed by atoms with Crippen LogP contribution in [0.2, 0.25) is 0 Å². The summed E-state index contributed by atoms with van der Waals surface area (Å²) in [4.78, 5) is 0. The van der Waals surface area contributed by atoms with Crippen LogP contribution < -0.4 is 4.72 Å². The van der Waals surface area contributed by atoms with E-state index in [9.17, 15) is 12.8 Å². The monoisotopic (exact) mass is 348 g/mol. The summed E-state index contributed by atoms with van der Waals surface area (Å²) < 4.78 is 45.2. The molecule has 1 N–H and O–H groups in total. The summed E-state index contributed by atoms with van der Waals surface area (Å²) in [5.74, 6) is -0.938. The van der Waals surface area contributed by atoms with E-state index in [1.165, 1.54) is 12.1 Å². The molecule has 2 rings (SSSR count). The van der Waals surface area contributed by atoms with E-state index in [4.69, 9.17) is 10.00 Å². The van der Waals surface area contributed by atoms with Crippen LogP contribution in [-0.4, -0.2) is 20.8 Å². The molecule has 0 bridgehead atoms. The molecule has 0 fully saturated rings. The number of nitriles is 1. The number of sulfonamides is 1. The van der Waals surface area contributed by atoms with Crippen molar-refractivity contribution in [2.24, 2.45) is 0 Å². The standard InChI is InChI=1S/C17H17FN2O3S/c18-16-8-4-9-17(15(16)12-19)20-24(21,22)11-5-10-23-13-14-6-2-1-3-7-14/h1-4,6-9,20H,5,10-11,13H2. The van der Waals surface area contributed by atoms with E-state index in [-0.39, 0.29) is 23.6 Å². The largest absolute Gasteiger partial charge is 0.377 e. The molecule has 0 atom stereocenters. The lowest BCUT2D eigenvalue weighted by Gasteiger charge is -2.10. The lowest BCUT2D eigenvalue weighted by atomic mass is 10.2. The van der Waals surface area contributed by atoms with Crippen LogP contribution in [0, 0.1) is 17.1 Å². The third-order valence-electron chi connectivity index (χ3n) is 3.20. The average molecular weight is 348 g/mol. The number of nitrogens with one attached hydrogen (secondary N) is 1. The number of ether oxygens (including phenoxy) is 1. The molecule has 5 nitrogen and oxygen atoms in total. The van der Waals surface area contributed by atoms with Gasteiger partial charge in [-0.1, -0.05) is 36.4 Å². The normalized spacial score (nSPS) is 11.0. The first-order valence-electron chi connectivity index (χ1n) is 7.32. The Bertz CT molecular complexity index is 817. The Labute approximate surface area is 140 Å². The Morgan fingerprint density at radius 3 is 2.58 bits per heavy atom. The highest BCUT2D eigenvalue weighted by atomic mass is 32.2. The van der Waals surface area contributed by atoms with Crippen LogP contribution in [0.15, 0.2) is 48.5 Å². The summed E-state index contributed by atoms with van der Waals surface area (Å²) in [5, 5.41) is 8.91. The Hall–Kier alpha value is -2.43. The number of hydrogen-bond donors (Lipinski definition) is 1. The molecule has 126 valence electrons. The fourth-order valence-electron chi connectivity index (χ4n) is 2.06. The van der Waals surface area contributed by atoms with Crippen LogP contribution >= 0.6 is 0 Å². The first-order chi connectivity index (χ1) is 11.5. The summed E-state index contributed by atoms with van der Waals surface area (Å²) in [6.45, 7) is 0.695. The van der Waals surface area contributed by atoms with Gasteiger partial charge in [0.1, 0.15) is 17.4 Å². The maximum Gasteiger partial charge on any atom is 0.232 e. The van der Waals surface area contributed by atoms with Gasteiger partial charge in [0.15, 0.2) is 0 Å². The summed E-state index contributed by atoms with van der Waals surface area (Å²) in [5.41, 5.74) is 0.640. The molecule has 0 saturated heterocycles. The van der Waals surface area contributed by atoms with Crippen molar-refractivity contribution in [3.63, 3.8) is 0 Å². The van der Waals surface area contributed by atoms with Crippen molar-refractivity contribution in [2.45, 2.75) is 13.0 Å².